The molecule has 1 aromatic heterocycles. The molecule has 2 amide bonds. The van der Waals surface area contributed by atoms with Crippen LogP contribution in [-0.2, 0) is 17.5 Å². The molecule has 4 rings (SSSR count). The minimum atomic E-state index is -4.60. The standard InChI is InChI=1S/C27H25F3N4O2/c1-17-13-18(2)34(33-17)23-10-9-22(24(15-23)27(28,29)30)16-32-25(35)11-12-31-26(36)21-8-7-19-5-3-4-6-20(19)14-21/h3-10,13-15H,11-12,16H2,1-2H3,(H,31,36)(H,32,35). The second-order valence-corrected chi connectivity index (χ2v) is 8.52. The van der Waals surface area contributed by atoms with E-state index in [0.717, 1.165) is 16.8 Å². The number of hydrogen-bond acceptors (Lipinski definition) is 3. The molecule has 9 heteroatoms. The van der Waals surface area contributed by atoms with Gasteiger partial charge in [0.1, 0.15) is 0 Å². The van der Waals surface area contributed by atoms with E-state index in [2.05, 4.69) is 15.7 Å². The maximum absolute atomic E-state index is 13.7. The van der Waals surface area contributed by atoms with E-state index in [0.29, 0.717) is 22.6 Å². The lowest BCUT2D eigenvalue weighted by atomic mass is 10.1. The first-order valence-corrected chi connectivity index (χ1v) is 11.4. The SMILES string of the molecule is Cc1cc(C)n(-c2ccc(CNC(=O)CCNC(=O)c3ccc4ccccc4c3)c(C(F)(F)F)c2)n1. The summed E-state index contributed by atoms with van der Waals surface area (Å²) >= 11 is 0. The average Bonchev–Trinajstić information content (AvgIpc) is 3.19. The summed E-state index contributed by atoms with van der Waals surface area (Å²) in [7, 11) is 0. The maximum atomic E-state index is 13.7. The van der Waals surface area contributed by atoms with Crippen molar-refractivity contribution in [2.75, 3.05) is 6.54 Å². The van der Waals surface area contributed by atoms with Crippen molar-refractivity contribution in [2.24, 2.45) is 0 Å². The number of amides is 2. The van der Waals surface area contributed by atoms with Gasteiger partial charge in [-0.25, -0.2) is 4.68 Å². The molecule has 186 valence electrons. The minimum Gasteiger partial charge on any atom is -0.352 e. The molecule has 0 atom stereocenters. The zero-order valence-corrected chi connectivity index (χ0v) is 19.8. The van der Waals surface area contributed by atoms with Crippen molar-refractivity contribution >= 4 is 22.6 Å². The summed E-state index contributed by atoms with van der Waals surface area (Å²) in [4.78, 5) is 24.7. The fourth-order valence-electron chi connectivity index (χ4n) is 4.01. The molecule has 3 aromatic carbocycles. The van der Waals surface area contributed by atoms with Gasteiger partial charge in [-0.3, -0.25) is 9.59 Å². The molecule has 0 saturated heterocycles. The number of fused-ring (bicyclic) bond motifs is 1. The Hall–Kier alpha value is -4.14. The lowest BCUT2D eigenvalue weighted by Gasteiger charge is -2.16. The Bertz CT molecular complexity index is 1430. The van der Waals surface area contributed by atoms with Crippen LogP contribution in [0, 0.1) is 13.8 Å². The predicted octanol–water partition coefficient (Wildman–Crippen LogP) is 5.10. The highest BCUT2D eigenvalue weighted by molar-refractivity contribution is 5.98. The Morgan fingerprint density at radius 3 is 2.36 bits per heavy atom. The molecule has 1 heterocycles. The van der Waals surface area contributed by atoms with Gasteiger partial charge in [0.2, 0.25) is 5.91 Å². The highest BCUT2D eigenvalue weighted by Gasteiger charge is 2.34. The van der Waals surface area contributed by atoms with Crippen LogP contribution < -0.4 is 10.6 Å². The first-order chi connectivity index (χ1) is 17.1. The summed E-state index contributed by atoms with van der Waals surface area (Å²) in [6.07, 6.45) is -4.66. The Balaban J connectivity index is 1.35. The number of nitrogens with zero attached hydrogens (tertiary/aromatic N) is 2. The number of carbonyl (C=O) groups is 2. The summed E-state index contributed by atoms with van der Waals surface area (Å²) in [5.74, 6) is -0.794. The Labute approximate surface area is 206 Å². The number of rotatable bonds is 7. The smallest absolute Gasteiger partial charge is 0.352 e. The van der Waals surface area contributed by atoms with Gasteiger partial charge in [0.25, 0.3) is 5.91 Å². The highest BCUT2D eigenvalue weighted by Crippen LogP contribution is 2.33. The van der Waals surface area contributed by atoms with E-state index in [1.807, 2.05) is 30.3 Å². The van der Waals surface area contributed by atoms with Gasteiger partial charge >= 0.3 is 6.18 Å². The number of benzene rings is 3. The van der Waals surface area contributed by atoms with Gasteiger partial charge in [-0.15, -0.1) is 0 Å². The van der Waals surface area contributed by atoms with Gasteiger partial charge in [0.05, 0.1) is 16.9 Å². The van der Waals surface area contributed by atoms with E-state index in [1.54, 1.807) is 38.1 Å². The van der Waals surface area contributed by atoms with E-state index in [1.165, 1.54) is 10.7 Å². The van der Waals surface area contributed by atoms with Crippen LogP contribution in [0.3, 0.4) is 0 Å². The first-order valence-electron chi connectivity index (χ1n) is 11.4. The second-order valence-electron chi connectivity index (χ2n) is 8.52. The van der Waals surface area contributed by atoms with Crippen molar-refractivity contribution in [1.29, 1.82) is 0 Å². The average molecular weight is 495 g/mol. The highest BCUT2D eigenvalue weighted by atomic mass is 19.4. The molecule has 0 radical (unpaired) electrons. The molecule has 0 aliphatic carbocycles. The quantitative estimate of drug-likeness (QED) is 0.376. The topological polar surface area (TPSA) is 76.0 Å². The Kier molecular flexibility index (Phi) is 7.10. The molecule has 0 aliphatic heterocycles. The van der Waals surface area contributed by atoms with Gasteiger partial charge in [-0.2, -0.15) is 18.3 Å². The van der Waals surface area contributed by atoms with Crippen LogP contribution >= 0.6 is 0 Å². The first kappa shape index (κ1) is 25.0. The van der Waals surface area contributed by atoms with Gasteiger partial charge in [0, 0.05) is 30.8 Å². The molecule has 6 nitrogen and oxygen atoms in total. The van der Waals surface area contributed by atoms with Crippen LogP contribution in [0.2, 0.25) is 0 Å². The molecular formula is C27H25F3N4O2. The Morgan fingerprint density at radius 2 is 1.67 bits per heavy atom. The van der Waals surface area contributed by atoms with E-state index in [4.69, 9.17) is 0 Å². The van der Waals surface area contributed by atoms with Crippen molar-refractivity contribution in [3.8, 4) is 5.69 Å². The second kappa shape index (κ2) is 10.2. The van der Waals surface area contributed by atoms with Crippen LogP contribution in [0.4, 0.5) is 13.2 Å². The number of hydrogen-bond donors (Lipinski definition) is 2. The summed E-state index contributed by atoms with van der Waals surface area (Å²) in [6.45, 7) is 3.30. The minimum absolute atomic E-state index is 0.0543. The summed E-state index contributed by atoms with van der Waals surface area (Å²) in [6, 6.07) is 18.6. The van der Waals surface area contributed by atoms with Crippen molar-refractivity contribution in [3.63, 3.8) is 0 Å². The van der Waals surface area contributed by atoms with Gasteiger partial charge in [0.15, 0.2) is 0 Å². The van der Waals surface area contributed by atoms with E-state index in [9.17, 15) is 22.8 Å². The molecular weight excluding hydrogens is 469 g/mol. The summed E-state index contributed by atoms with van der Waals surface area (Å²) in [5, 5.41) is 11.4. The molecule has 0 unspecified atom stereocenters. The van der Waals surface area contributed by atoms with Crippen molar-refractivity contribution in [1.82, 2.24) is 20.4 Å². The monoisotopic (exact) mass is 494 g/mol. The van der Waals surface area contributed by atoms with Crippen LogP contribution in [0.5, 0.6) is 0 Å². The third-order valence-electron chi connectivity index (χ3n) is 5.78. The molecule has 0 spiro atoms. The molecule has 0 bridgehead atoms. The zero-order valence-electron chi connectivity index (χ0n) is 19.8. The maximum Gasteiger partial charge on any atom is 0.416 e. The van der Waals surface area contributed by atoms with E-state index < -0.39 is 17.6 Å². The third-order valence-corrected chi connectivity index (χ3v) is 5.78. The number of alkyl halides is 3. The van der Waals surface area contributed by atoms with Gasteiger partial charge in [-0.1, -0.05) is 36.4 Å². The van der Waals surface area contributed by atoms with Crippen LogP contribution in [0.15, 0.2) is 66.7 Å². The number of aryl methyl sites for hydroxylation is 2. The van der Waals surface area contributed by atoms with E-state index in [-0.39, 0.29) is 31.0 Å². The predicted molar refractivity (Wildman–Crippen MR) is 131 cm³/mol. The molecule has 4 aromatic rings. The molecule has 36 heavy (non-hydrogen) atoms. The van der Waals surface area contributed by atoms with Crippen molar-refractivity contribution in [3.05, 3.63) is 94.8 Å². The van der Waals surface area contributed by atoms with Crippen LogP contribution in [0.25, 0.3) is 16.5 Å². The van der Waals surface area contributed by atoms with Crippen molar-refractivity contribution in [2.45, 2.75) is 33.0 Å². The molecule has 0 fully saturated rings. The van der Waals surface area contributed by atoms with Crippen molar-refractivity contribution < 1.29 is 22.8 Å². The third kappa shape index (κ3) is 5.73. The van der Waals surface area contributed by atoms with Gasteiger partial charge < -0.3 is 10.6 Å². The Morgan fingerprint density at radius 1 is 0.917 bits per heavy atom. The number of nitrogens with one attached hydrogen (secondary N) is 2. The fourth-order valence-corrected chi connectivity index (χ4v) is 4.01. The summed E-state index contributed by atoms with van der Waals surface area (Å²) < 4.78 is 42.7. The fraction of sp³-hybridized carbons (Fsp3) is 0.222. The lowest BCUT2D eigenvalue weighted by Crippen LogP contribution is -2.31. The largest absolute Gasteiger partial charge is 0.416 e. The van der Waals surface area contributed by atoms with E-state index >= 15 is 0 Å². The molecule has 0 aliphatic rings. The number of carbonyl (C=O) groups excluding carboxylic acids is 2. The van der Waals surface area contributed by atoms with Crippen LogP contribution in [-0.4, -0.2) is 28.1 Å². The lowest BCUT2D eigenvalue weighted by molar-refractivity contribution is -0.138. The number of halogens is 3. The molecule has 2 N–H and O–H groups in total. The zero-order chi connectivity index (χ0) is 25.9. The number of aromatic nitrogens is 2. The van der Waals surface area contributed by atoms with Crippen LogP contribution in [0.1, 0.15) is 39.3 Å². The summed E-state index contributed by atoms with van der Waals surface area (Å²) in [5.41, 5.74) is 1.28. The normalized spacial score (nSPS) is 11.5. The molecule has 0 saturated carbocycles. The van der Waals surface area contributed by atoms with Gasteiger partial charge in [-0.05, 0) is 60.5 Å².